The molecule has 0 unspecified atom stereocenters. The molecule has 1 atom stereocenters. The van der Waals surface area contributed by atoms with Crippen LogP contribution in [0, 0.1) is 5.82 Å². The van der Waals surface area contributed by atoms with Crippen molar-refractivity contribution in [3.05, 3.63) is 101 Å². The van der Waals surface area contributed by atoms with Crippen LogP contribution in [0.1, 0.15) is 30.9 Å². The molecular weight excluding hydrogens is 541 g/mol. The molecule has 0 aromatic heterocycles. The Morgan fingerprint density at radius 1 is 0.974 bits per heavy atom. The first-order valence-electron chi connectivity index (χ1n) is 12.7. The molecule has 39 heavy (non-hydrogen) atoms. The van der Waals surface area contributed by atoms with E-state index in [1.54, 1.807) is 43.3 Å². The Bertz CT molecular complexity index is 1350. The van der Waals surface area contributed by atoms with Gasteiger partial charge < -0.3 is 10.2 Å². The molecule has 3 rings (SSSR count). The van der Waals surface area contributed by atoms with Crippen molar-refractivity contribution < 1.29 is 22.4 Å². The average Bonchev–Trinajstić information content (AvgIpc) is 2.89. The third-order valence-corrected chi connectivity index (χ3v) is 7.57. The fourth-order valence-corrected chi connectivity index (χ4v) is 5.41. The van der Waals surface area contributed by atoms with Gasteiger partial charge in [0.1, 0.15) is 11.9 Å². The Morgan fingerprint density at radius 3 is 2.28 bits per heavy atom. The maximum absolute atomic E-state index is 13.7. The predicted octanol–water partition coefficient (Wildman–Crippen LogP) is 4.80. The fraction of sp³-hybridized carbons (Fsp3) is 0.310. The summed E-state index contributed by atoms with van der Waals surface area (Å²) in [5.41, 5.74) is 1.96. The van der Waals surface area contributed by atoms with Crippen LogP contribution in [0.2, 0.25) is 5.02 Å². The van der Waals surface area contributed by atoms with E-state index in [0.29, 0.717) is 22.8 Å². The van der Waals surface area contributed by atoms with Crippen molar-refractivity contribution >= 4 is 39.1 Å². The highest BCUT2D eigenvalue weighted by atomic mass is 35.5. The molecule has 1 N–H and O–H groups in total. The van der Waals surface area contributed by atoms with Gasteiger partial charge in [0, 0.05) is 37.5 Å². The monoisotopic (exact) mass is 573 g/mol. The first-order chi connectivity index (χ1) is 18.6. The smallest absolute Gasteiger partial charge is 0.243 e. The van der Waals surface area contributed by atoms with Crippen LogP contribution < -0.4 is 9.62 Å². The number of carbonyl (C=O) groups excluding carboxylic acids is 2. The van der Waals surface area contributed by atoms with Crippen molar-refractivity contribution in [1.82, 2.24) is 10.2 Å². The second-order valence-corrected chi connectivity index (χ2v) is 11.5. The van der Waals surface area contributed by atoms with Crippen molar-refractivity contribution in [1.29, 1.82) is 0 Å². The zero-order valence-electron chi connectivity index (χ0n) is 22.0. The average molecular weight is 574 g/mol. The van der Waals surface area contributed by atoms with Crippen LogP contribution in [0.25, 0.3) is 0 Å². The van der Waals surface area contributed by atoms with Gasteiger partial charge in [-0.25, -0.2) is 12.8 Å². The summed E-state index contributed by atoms with van der Waals surface area (Å²) < 4.78 is 39.8. The molecule has 3 aromatic rings. The summed E-state index contributed by atoms with van der Waals surface area (Å²) >= 11 is 6.06. The molecule has 208 valence electrons. The second kappa shape index (κ2) is 14.1. The van der Waals surface area contributed by atoms with Crippen LogP contribution >= 0.6 is 11.6 Å². The Hall–Kier alpha value is -3.43. The van der Waals surface area contributed by atoms with Gasteiger partial charge in [0.25, 0.3) is 0 Å². The number of halogens is 2. The standard InChI is InChI=1S/C29H33ClFN3O4S/c1-3-32-29(36)27(19-22-9-5-4-6-10-22)33(21-23-14-16-25(31)17-15-23)28(35)13-8-18-34(39(2,37)38)26-12-7-11-24(30)20-26/h4-7,9-12,14-17,20,27H,3,8,13,18-19,21H2,1-2H3,(H,32,36)/t27-/m1/s1. The van der Waals surface area contributed by atoms with Gasteiger partial charge in [-0.2, -0.15) is 0 Å². The van der Waals surface area contributed by atoms with Crippen LogP contribution in [0.15, 0.2) is 78.9 Å². The lowest BCUT2D eigenvalue weighted by atomic mass is 10.0. The SMILES string of the molecule is CCNC(=O)[C@@H](Cc1ccccc1)N(Cc1ccc(F)cc1)C(=O)CCCN(c1cccc(Cl)c1)S(C)(=O)=O. The Morgan fingerprint density at radius 2 is 1.67 bits per heavy atom. The van der Waals surface area contributed by atoms with Gasteiger partial charge in [0.15, 0.2) is 0 Å². The first kappa shape index (κ1) is 30.1. The number of nitrogens with zero attached hydrogens (tertiary/aromatic N) is 2. The minimum Gasteiger partial charge on any atom is -0.355 e. The predicted molar refractivity (Wildman–Crippen MR) is 152 cm³/mol. The highest BCUT2D eigenvalue weighted by molar-refractivity contribution is 7.92. The number of anilines is 1. The molecule has 3 aromatic carbocycles. The van der Waals surface area contributed by atoms with E-state index in [2.05, 4.69) is 5.32 Å². The Kier molecular flexibility index (Phi) is 10.9. The molecular formula is C29H33ClFN3O4S. The van der Waals surface area contributed by atoms with Crippen LogP contribution in [0.3, 0.4) is 0 Å². The van der Waals surface area contributed by atoms with E-state index >= 15 is 0 Å². The van der Waals surface area contributed by atoms with Crippen molar-refractivity contribution in [3.8, 4) is 0 Å². The summed E-state index contributed by atoms with van der Waals surface area (Å²) in [6.07, 6.45) is 1.60. The lowest BCUT2D eigenvalue weighted by Gasteiger charge is -2.32. The quantitative estimate of drug-likeness (QED) is 0.318. The van der Waals surface area contributed by atoms with Gasteiger partial charge in [-0.3, -0.25) is 13.9 Å². The topological polar surface area (TPSA) is 86.8 Å². The molecule has 0 fully saturated rings. The number of amides is 2. The molecule has 7 nitrogen and oxygen atoms in total. The van der Waals surface area contributed by atoms with Crippen molar-refractivity contribution in [2.75, 3.05) is 23.7 Å². The third-order valence-electron chi connectivity index (χ3n) is 6.14. The van der Waals surface area contributed by atoms with Gasteiger partial charge >= 0.3 is 0 Å². The summed E-state index contributed by atoms with van der Waals surface area (Å²) in [6, 6.07) is 20.9. The Balaban J connectivity index is 1.85. The number of hydrogen-bond acceptors (Lipinski definition) is 4. The highest BCUT2D eigenvalue weighted by Crippen LogP contribution is 2.23. The number of rotatable bonds is 13. The van der Waals surface area contributed by atoms with E-state index in [9.17, 15) is 22.4 Å². The molecule has 0 heterocycles. The van der Waals surface area contributed by atoms with Gasteiger partial charge in [-0.15, -0.1) is 0 Å². The number of carbonyl (C=O) groups is 2. The number of likely N-dealkylation sites (N-methyl/N-ethyl adjacent to an activating group) is 1. The summed E-state index contributed by atoms with van der Waals surface area (Å²) in [4.78, 5) is 28.4. The van der Waals surface area contributed by atoms with E-state index < -0.39 is 21.9 Å². The lowest BCUT2D eigenvalue weighted by Crippen LogP contribution is -2.50. The minimum atomic E-state index is -3.63. The molecule has 0 aliphatic carbocycles. The van der Waals surface area contributed by atoms with E-state index in [0.717, 1.165) is 11.8 Å². The van der Waals surface area contributed by atoms with Gasteiger partial charge in [-0.05, 0) is 54.8 Å². The zero-order chi connectivity index (χ0) is 28.4. The molecule has 0 saturated carbocycles. The van der Waals surface area contributed by atoms with Crippen LogP contribution in [-0.4, -0.2) is 50.5 Å². The van der Waals surface area contributed by atoms with Crippen molar-refractivity contribution in [3.63, 3.8) is 0 Å². The lowest BCUT2D eigenvalue weighted by molar-refractivity contribution is -0.141. The van der Waals surface area contributed by atoms with E-state index in [1.807, 2.05) is 30.3 Å². The normalized spacial score (nSPS) is 12.0. The highest BCUT2D eigenvalue weighted by Gasteiger charge is 2.30. The molecule has 0 spiro atoms. The van der Waals surface area contributed by atoms with Crippen LogP contribution in [0.5, 0.6) is 0 Å². The summed E-state index contributed by atoms with van der Waals surface area (Å²) in [5.74, 6) is -1.01. The summed E-state index contributed by atoms with van der Waals surface area (Å²) in [7, 11) is -3.63. The van der Waals surface area contributed by atoms with Gasteiger partial charge in [0.2, 0.25) is 21.8 Å². The van der Waals surface area contributed by atoms with Crippen LogP contribution in [-0.2, 0) is 32.6 Å². The third kappa shape index (κ3) is 9.07. The molecule has 0 aliphatic heterocycles. The largest absolute Gasteiger partial charge is 0.355 e. The van der Waals surface area contributed by atoms with Crippen molar-refractivity contribution in [2.45, 2.75) is 38.8 Å². The first-order valence-corrected chi connectivity index (χ1v) is 14.9. The molecule has 0 radical (unpaired) electrons. The number of sulfonamides is 1. The van der Waals surface area contributed by atoms with E-state index in [4.69, 9.17) is 11.6 Å². The maximum atomic E-state index is 13.7. The van der Waals surface area contributed by atoms with Gasteiger partial charge in [0.05, 0.1) is 11.9 Å². The summed E-state index contributed by atoms with van der Waals surface area (Å²) in [5, 5.41) is 3.22. The maximum Gasteiger partial charge on any atom is 0.243 e. The van der Waals surface area contributed by atoms with Crippen molar-refractivity contribution in [2.24, 2.45) is 0 Å². The number of nitrogens with one attached hydrogen (secondary N) is 1. The van der Waals surface area contributed by atoms with Crippen LogP contribution in [0.4, 0.5) is 10.1 Å². The second-order valence-electron chi connectivity index (χ2n) is 9.17. The fourth-order valence-electron chi connectivity index (χ4n) is 4.27. The molecule has 0 saturated heterocycles. The molecule has 2 amide bonds. The molecule has 10 heteroatoms. The molecule has 0 aliphatic rings. The molecule has 0 bridgehead atoms. The zero-order valence-corrected chi connectivity index (χ0v) is 23.6. The van der Waals surface area contributed by atoms with E-state index in [1.165, 1.54) is 21.3 Å². The number of hydrogen-bond donors (Lipinski definition) is 1. The summed E-state index contributed by atoms with van der Waals surface area (Å²) in [6.45, 7) is 2.35. The minimum absolute atomic E-state index is 0.00151. The van der Waals surface area contributed by atoms with E-state index in [-0.39, 0.29) is 44.2 Å². The van der Waals surface area contributed by atoms with Gasteiger partial charge in [-0.1, -0.05) is 60.1 Å². The number of benzene rings is 3. The Labute approximate surface area is 234 Å².